The molecule has 0 saturated carbocycles. The quantitative estimate of drug-likeness (QED) is 0.321. The fourth-order valence-electron chi connectivity index (χ4n) is 1.51. The molecule has 0 spiro atoms. The summed E-state index contributed by atoms with van der Waals surface area (Å²) in [5, 5.41) is 0. The van der Waals surface area contributed by atoms with Gasteiger partial charge in [0.1, 0.15) is 0 Å². The zero-order valence-electron chi connectivity index (χ0n) is 14.0. The maximum absolute atomic E-state index is 5.63. The van der Waals surface area contributed by atoms with Crippen molar-refractivity contribution in [2.45, 2.75) is 39.5 Å². The number of ether oxygens (including phenoxy) is 2. The van der Waals surface area contributed by atoms with E-state index >= 15 is 0 Å². The molecule has 0 atom stereocenters. The first-order valence-electron chi connectivity index (χ1n) is 7.78. The van der Waals surface area contributed by atoms with Crippen LogP contribution >= 0.6 is 0 Å². The van der Waals surface area contributed by atoms with E-state index in [9.17, 15) is 0 Å². The van der Waals surface area contributed by atoms with Gasteiger partial charge in [0, 0.05) is 27.4 Å². The van der Waals surface area contributed by atoms with Crippen LogP contribution in [0.5, 0.6) is 0 Å². The fraction of sp³-hybridized carbons (Fsp3) is 1.00. The van der Waals surface area contributed by atoms with Gasteiger partial charge in [0.2, 0.25) is 0 Å². The van der Waals surface area contributed by atoms with Crippen LogP contribution in [-0.4, -0.2) is 62.9 Å². The van der Waals surface area contributed by atoms with Gasteiger partial charge in [-0.2, -0.15) is 0 Å². The Kier molecular flexibility index (Phi) is 14.9. The maximum atomic E-state index is 5.63. The first-order valence-corrected chi connectivity index (χ1v) is 9.41. The van der Waals surface area contributed by atoms with Crippen LogP contribution < -0.4 is 0 Å². The lowest BCUT2D eigenvalue weighted by Gasteiger charge is -2.24. The van der Waals surface area contributed by atoms with Gasteiger partial charge in [0.25, 0.3) is 0 Å². The third kappa shape index (κ3) is 11.2. The second kappa shape index (κ2) is 14.9. The van der Waals surface area contributed by atoms with Crippen molar-refractivity contribution in [2.24, 2.45) is 0 Å². The molecule has 0 N–H and O–H groups in total. The van der Waals surface area contributed by atoms with Gasteiger partial charge in [-0.25, -0.2) is 0 Å². The molecule has 0 unspecified atom stereocenters. The van der Waals surface area contributed by atoms with E-state index in [2.05, 4.69) is 13.8 Å². The highest BCUT2D eigenvalue weighted by molar-refractivity contribution is 6.53. The van der Waals surface area contributed by atoms with E-state index < -0.39 is 9.05 Å². The van der Waals surface area contributed by atoms with Gasteiger partial charge < -0.3 is 27.2 Å². The van der Waals surface area contributed by atoms with E-state index in [4.69, 9.17) is 27.2 Å². The molecule has 7 heteroatoms. The Morgan fingerprint density at radius 3 is 1.38 bits per heavy atom. The summed E-state index contributed by atoms with van der Waals surface area (Å²) >= 11 is 0. The third-order valence-electron chi connectivity index (χ3n) is 2.80. The van der Waals surface area contributed by atoms with Crippen LogP contribution in [0.4, 0.5) is 0 Å². The van der Waals surface area contributed by atoms with Gasteiger partial charge in [-0.05, 0) is 12.8 Å². The van der Waals surface area contributed by atoms with E-state index in [0.29, 0.717) is 26.4 Å². The zero-order chi connectivity index (χ0) is 15.8. The van der Waals surface area contributed by atoms with Crippen molar-refractivity contribution in [2.75, 3.05) is 53.9 Å². The zero-order valence-corrected chi connectivity index (χ0v) is 15.0. The Bertz CT molecular complexity index is 196. The molecule has 0 aliphatic rings. The normalized spacial score (nSPS) is 12.0. The highest BCUT2D eigenvalue weighted by Crippen LogP contribution is 2.09. The molecule has 6 nitrogen and oxygen atoms in total. The molecule has 0 bridgehead atoms. The molecule has 0 aliphatic carbocycles. The molecule has 0 heterocycles. The van der Waals surface area contributed by atoms with Crippen LogP contribution in [0.25, 0.3) is 0 Å². The summed E-state index contributed by atoms with van der Waals surface area (Å²) in [6.45, 7) is 7.58. The topological polar surface area (TPSA) is 55.4 Å². The summed E-state index contributed by atoms with van der Waals surface area (Å²) in [6.07, 6.45) is 4.36. The monoisotopic (exact) mass is 324 g/mol. The number of hydrogen-bond donors (Lipinski definition) is 0. The van der Waals surface area contributed by atoms with Crippen molar-refractivity contribution in [1.82, 2.24) is 0 Å². The Morgan fingerprint density at radius 1 is 0.619 bits per heavy atom. The molecule has 0 amide bonds. The van der Waals surface area contributed by atoms with Crippen LogP contribution in [-0.2, 0) is 27.2 Å². The Balaban J connectivity index is 3.78. The minimum atomic E-state index is -3.04. The van der Waals surface area contributed by atoms with Crippen LogP contribution in [0.3, 0.4) is 0 Å². The van der Waals surface area contributed by atoms with Crippen LogP contribution in [0.1, 0.15) is 39.5 Å². The first-order chi connectivity index (χ1) is 10.2. The van der Waals surface area contributed by atoms with Gasteiger partial charge in [-0.3, -0.25) is 0 Å². The smallest absolute Gasteiger partial charge is 0.379 e. The number of hydrogen-bond acceptors (Lipinski definition) is 6. The van der Waals surface area contributed by atoms with Crippen molar-refractivity contribution >= 4 is 9.05 Å². The second-order valence-electron chi connectivity index (χ2n) is 4.54. The minimum absolute atomic E-state index is 0.397. The van der Waals surface area contributed by atoms with Crippen LogP contribution in [0, 0.1) is 0 Å². The van der Waals surface area contributed by atoms with E-state index in [1.807, 2.05) is 0 Å². The average Bonchev–Trinajstić information content (AvgIpc) is 2.52. The lowest BCUT2D eigenvalue weighted by atomic mass is 10.4. The lowest BCUT2D eigenvalue weighted by molar-refractivity contribution is -0.0351. The van der Waals surface area contributed by atoms with Crippen molar-refractivity contribution in [1.29, 1.82) is 0 Å². The average molecular weight is 324 g/mol. The third-order valence-corrected chi connectivity index (χ3v) is 4.91. The molecule has 0 fully saturated rings. The van der Waals surface area contributed by atoms with Crippen molar-refractivity contribution in [3.63, 3.8) is 0 Å². The Hall–Kier alpha value is -0.0231. The van der Waals surface area contributed by atoms with E-state index in [0.717, 1.165) is 38.9 Å². The van der Waals surface area contributed by atoms with E-state index in [-0.39, 0.29) is 0 Å². The standard InChI is InChI=1S/C14H32O6Si/c1-5-7-9-17-11-13-19-21(15-3,16-4)20-14-12-18-10-8-6-2/h5-14H2,1-4H3. The summed E-state index contributed by atoms with van der Waals surface area (Å²) in [5.74, 6) is 0. The van der Waals surface area contributed by atoms with E-state index in [1.54, 1.807) is 0 Å². The fourth-order valence-corrected chi connectivity index (χ4v) is 2.90. The summed E-state index contributed by atoms with van der Waals surface area (Å²) in [7, 11) is 0.0262. The predicted octanol–water partition coefficient (Wildman–Crippen LogP) is 2.38. The van der Waals surface area contributed by atoms with Crippen LogP contribution in [0.2, 0.25) is 0 Å². The molecule has 0 radical (unpaired) electrons. The molecule has 0 rings (SSSR count). The molecule has 21 heavy (non-hydrogen) atoms. The second-order valence-corrected chi connectivity index (χ2v) is 6.93. The maximum Gasteiger partial charge on any atom is 0.679 e. The highest BCUT2D eigenvalue weighted by Gasteiger charge is 2.43. The first kappa shape index (κ1) is 21.0. The van der Waals surface area contributed by atoms with Gasteiger partial charge in [0.05, 0.1) is 26.4 Å². The molecule has 0 saturated heterocycles. The Morgan fingerprint density at radius 2 is 1.05 bits per heavy atom. The van der Waals surface area contributed by atoms with E-state index in [1.165, 1.54) is 14.2 Å². The molecule has 0 aliphatic heterocycles. The lowest BCUT2D eigenvalue weighted by Crippen LogP contribution is -2.48. The summed E-state index contributed by atoms with van der Waals surface area (Å²) in [6, 6.07) is 0. The molecule has 0 aromatic carbocycles. The van der Waals surface area contributed by atoms with Crippen LogP contribution in [0.15, 0.2) is 0 Å². The molecule has 0 aromatic heterocycles. The van der Waals surface area contributed by atoms with Gasteiger partial charge in [-0.1, -0.05) is 26.7 Å². The Labute approximate surface area is 130 Å². The molecule has 0 aromatic rings. The highest BCUT2D eigenvalue weighted by atomic mass is 28.4. The van der Waals surface area contributed by atoms with Crippen molar-refractivity contribution in [3.8, 4) is 0 Å². The number of unbranched alkanes of at least 4 members (excludes halogenated alkanes) is 2. The van der Waals surface area contributed by atoms with Gasteiger partial charge >= 0.3 is 9.05 Å². The predicted molar refractivity (Wildman–Crippen MR) is 83.1 cm³/mol. The van der Waals surface area contributed by atoms with Gasteiger partial charge in [-0.15, -0.1) is 0 Å². The largest absolute Gasteiger partial charge is 0.679 e. The van der Waals surface area contributed by atoms with Crippen molar-refractivity contribution in [3.05, 3.63) is 0 Å². The van der Waals surface area contributed by atoms with Crippen molar-refractivity contribution < 1.29 is 27.2 Å². The SMILES string of the molecule is CCCCOCCO[Si](OC)(OC)OCCOCCCC. The summed E-state index contributed by atoms with van der Waals surface area (Å²) in [5.41, 5.74) is 0. The summed E-state index contributed by atoms with van der Waals surface area (Å²) in [4.78, 5) is 0. The number of rotatable bonds is 16. The molecule has 128 valence electrons. The molecular weight excluding hydrogens is 292 g/mol. The summed E-state index contributed by atoms with van der Waals surface area (Å²) < 4.78 is 32.7. The van der Waals surface area contributed by atoms with Gasteiger partial charge in [0.15, 0.2) is 0 Å². The minimum Gasteiger partial charge on any atom is -0.379 e. The molecular formula is C14H32O6Si.